The zero-order chi connectivity index (χ0) is 19.3. The maximum atomic E-state index is 12.8. The molecule has 0 saturated heterocycles. The van der Waals surface area contributed by atoms with E-state index >= 15 is 0 Å². The summed E-state index contributed by atoms with van der Waals surface area (Å²) >= 11 is 14.4. The SMILES string of the molecule is CCN(CC)C(=O)SC1(c2c(Cl)cc(CC(=O)O)cc2Cl)CCCCC1. The Bertz CT molecular complexity index is 648. The van der Waals surface area contributed by atoms with E-state index < -0.39 is 10.7 Å². The second-order valence-electron chi connectivity index (χ2n) is 6.60. The lowest BCUT2D eigenvalue weighted by molar-refractivity contribution is -0.136. The highest BCUT2D eigenvalue weighted by Crippen LogP contribution is 2.53. The number of thioether (sulfide) groups is 1. The number of nitrogens with zero attached hydrogens (tertiary/aromatic N) is 1. The largest absolute Gasteiger partial charge is 0.481 e. The summed E-state index contributed by atoms with van der Waals surface area (Å²) in [7, 11) is 0. The fourth-order valence-electron chi connectivity index (χ4n) is 3.58. The number of benzene rings is 1. The van der Waals surface area contributed by atoms with Crippen LogP contribution in [0.2, 0.25) is 10.0 Å². The van der Waals surface area contributed by atoms with Gasteiger partial charge in [-0.25, -0.2) is 0 Å². The Hall–Kier alpha value is -0.910. The molecule has 0 spiro atoms. The van der Waals surface area contributed by atoms with Gasteiger partial charge in [0.1, 0.15) is 0 Å². The first-order chi connectivity index (χ1) is 12.3. The molecule has 1 aromatic rings. The lowest BCUT2D eigenvalue weighted by atomic mass is 9.82. The minimum atomic E-state index is -0.927. The van der Waals surface area contributed by atoms with Gasteiger partial charge in [0.2, 0.25) is 0 Å². The van der Waals surface area contributed by atoms with Gasteiger partial charge in [0.15, 0.2) is 0 Å². The molecule has 1 amide bonds. The lowest BCUT2D eigenvalue weighted by Crippen LogP contribution is -2.34. The molecule has 0 aromatic heterocycles. The van der Waals surface area contributed by atoms with Crippen molar-refractivity contribution in [1.29, 1.82) is 0 Å². The maximum absolute atomic E-state index is 12.8. The predicted octanol–water partition coefficient (Wildman–Crippen LogP) is 5.97. The molecule has 1 fully saturated rings. The number of rotatable bonds is 6. The molecule has 2 rings (SSSR count). The zero-order valence-corrected chi connectivity index (χ0v) is 17.5. The third kappa shape index (κ3) is 4.87. The van der Waals surface area contributed by atoms with E-state index in [0.717, 1.165) is 37.7 Å². The Kier molecular flexibility index (Phi) is 7.68. The van der Waals surface area contributed by atoms with Crippen LogP contribution in [0.15, 0.2) is 12.1 Å². The molecule has 7 heteroatoms. The number of amides is 1. The summed E-state index contributed by atoms with van der Waals surface area (Å²) in [5.41, 5.74) is 1.35. The van der Waals surface area contributed by atoms with Gasteiger partial charge in [-0.1, -0.05) is 54.2 Å². The second kappa shape index (κ2) is 9.34. The fourth-order valence-corrected chi connectivity index (χ4v) is 6.12. The topological polar surface area (TPSA) is 57.6 Å². The number of carboxylic acid groups (broad SMARTS) is 1. The minimum Gasteiger partial charge on any atom is -0.481 e. The summed E-state index contributed by atoms with van der Waals surface area (Å²) in [4.78, 5) is 25.6. The highest BCUT2D eigenvalue weighted by Gasteiger charge is 2.41. The number of halogens is 2. The second-order valence-corrected chi connectivity index (χ2v) is 8.75. The summed E-state index contributed by atoms with van der Waals surface area (Å²) in [6.45, 7) is 5.27. The Morgan fingerprint density at radius 3 is 2.12 bits per heavy atom. The van der Waals surface area contributed by atoms with Crippen LogP contribution in [0.1, 0.15) is 57.1 Å². The smallest absolute Gasteiger partial charge is 0.307 e. The molecule has 0 unspecified atom stereocenters. The third-order valence-corrected chi connectivity index (χ3v) is 6.91. The van der Waals surface area contributed by atoms with E-state index in [2.05, 4.69) is 0 Å². The highest BCUT2D eigenvalue weighted by molar-refractivity contribution is 8.14. The summed E-state index contributed by atoms with van der Waals surface area (Å²) in [5, 5.41) is 9.96. The van der Waals surface area contributed by atoms with Crippen LogP contribution in [0.5, 0.6) is 0 Å². The molecule has 1 aromatic carbocycles. The molecule has 0 aliphatic heterocycles. The van der Waals surface area contributed by atoms with Crippen molar-refractivity contribution in [3.63, 3.8) is 0 Å². The van der Waals surface area contributed by atoms with Crippen LogP contribution < -0.4 is 0 Å². The van der Waals surface area contributed by atoms with E-state index in [0.29, 0.717) is 28.7 Å². The molecule has 0 atom stereocenters. The van der Waals surface area contributed by atoms with Gasteiger partial charge in [0.25, 0.3) is 5.24 Å². The van der Waals surface area contributed by atoms with Crippen molar-refractivity contribution in [2.75, 3.05) is 13.1 Å². The van der Waals surface area contributed by atoms with Crippen LogP contribution in [-0.2, 0) is 16.0 Å². The first-order valence-electron chi connectivity index (χ1n) is 9.01. The molecular weight excluding hydrogens is 393 g/mol. The van der Waals surface area contributed by atoms with Crippen molar-refractivity contribution >= 4 is 46.2 Å². The van der Waals surface area contributed by atoms with Crippen molar-refractivity contribution in [2.45, 2.75) is 57.1 Å². The molecule has 1 aliphatic rings. The van der Waals surface area contributed by atoms with E-state index in [1.807, 2.05) is 18.7 Å². The van der Waals surface area contributed by atoms with Gasteiger partial charge in [0.05, 0.1) is 11.2 Å². The van der Waals surface area contributed by atoms with Gasteiger partial charge >= 0.3 is 5.97 Å². The lowest BCUT2D eigenvalue weighted by Gasteiger charge is -2.39. The first kappa shape index (κ1) is 21.4. The molecule has 4 nitrogen and oxygen atoms in total. The summed E-state index contributed by atoms with van der Waals surface area (Å²) in [6, 6.07) is 3.35. The number of carboxylic acids is 1. The zero-order valence-electron chi connectivity index (χ0n) is 15.2. The molecule has 1 aliphatic carbocycles. The van der Waals surface area contributed by atoms with Crippen molar-refractivity contribution < 1.29 is 14.7 Å². The molecule has 0 bridgehead atoms. The molecule has 26 heavy (non-hydrogen) atoms. The van der Waals surface area contributed by atoms with Crippen molar-refractivity contribution in [3.8, 4) is 0 Å². The van der Waals surface area contributed by atoms with E-state index in [-0.39, 0.29) is 11.7 Å². The van der Waals surface area contributed by atoms with Crippen LogP contribution in [0, 0.1) is 0 Å². The monoisotopic (exact) mass is 417 g/mol. The molecule has 1 N–H and O–H groups in total. The van der Waals surface area contributed by atoms with Crippen LogP contribution in [0.3, 0.4) is 0 Å². The van der Waals surface area contributed by atoms with Crippen molar-refractivity contribution in [2.24, 2.45) is 0 Å². The van der Waals surface area contributed by atoms with E-state index in [9.17, 15) is 9.59 Å². The molecule has 0 heterocycles. The predicted molar refractivity (Wildman–Crippen MR) is 108 cm³/mol. The number of aliphatic carboxylic acids is 1. The van der Waals surface area contributed by atoms with Gasteiger partial charge in [-0.05, 0) is 44.4 Å². The van der Waals surface area contributed by atoms with Crippen molar-refractivity contribution in [1.82, 2.24) is 4.90 Å². The summed E-state index contributed by atoms with van der Waals surface area (Å²) < 4.78 is -0.451. The average Bonchev–Trinajstić information content (AvgIpc) is 2.55. The molecular formula is C19H25Cl2NO3S. The third-order valence-electron chi connectivity index (χ3n) is 4.88. The van der Waals surface area contributed by atoms with Crippen LogP contribution in [0.4, 0.5) is 4.79 Å². The normalized spacial score (nSPS) is 16.3. The standard InChI is InChI=1S/C19H25Cl2NO3S/c1-3-22(4-2)18(25)26-19(8-6-5-7-9-19)17-14(20)10-13(11-15(17)21)12-16(23)24/h10-11H,3-9,12H2,1-2H3,(H,23,24). The Labute approximate surface area is 169 Å². The van der Waals surface area contributed by atoms with Gasteiger partial charge in [-0.2, -0.15) is 0 Å². The number of carbonyl (C=O) groups is 2. The van der Waals surface area contributed by atoms with Crippen LogP contribution >= 0.6 is 35.0 Å². The summed E-state index contributed by atoms with van der Waals surface area (Å²) in [5.74, 6) is -0.927. The Morgan fingerprint density at radius 1 is 1.12 bits per heavy atom. The van der Waals surface area contributed by atoms with Crippen LogP contribution in [0.25, 0.3) is 0 Å². The minimum absolute atomic E-state index is 0.0404. The van der Waals surface area contributed by atoms with Crippen molar-refractivity contribution in [3.05, 3.63) is 33.3 Å². The maximum Gasteiger partial charge on any atom is 0.307 e. The number of hydrogen-bond acceptors (Lipinski definition) is 3. The van der Waals surface area contributed by atoms with E-state index in [1.54, 1.807) is 12.1 Å². The quantitative estimate of drug-likeness (QED) is 0.618. The first-order valence-corrected chi connectivity index (χ1v) is 10.6. The van der Waals surface area contributed by atoms with Gasteiger partial charge in [-0.3, -0.25) is 9.59 Å². The Balaban J connectivity index is 2.43. The average molecular weight is 418 g/mol. The van der Waals surface area contributed by atoms with Crippen LogP contribution in [-0.4, -0.2) is 34.3 Å². The molecule has 0 radical (unpaired) electrons. The van der Waals surface area contributed by atoms with Gasteiger partial charge in [0, 0.05) is 28.7 Å². The summed E-state index contributed by atoms with van der Waals surface area (Å²) in [6.07, 6.45) is 4.71. The Morgan fingerprint density at radius 2 is 1.65 bits per heavy atom. The molecule has 1 saturated carbocycles. The highest BCUT2D eigenvalue weighted by atomic mass is 35.5. The number of carbonyl (C=O) groups excluding carboxylic acids is 1. The van der Waals surface area contributed by atoms with Gasteiger partial charge < -0.3 is 10.0 Å². The van der Waals surface area contributed by atoms with E-state index in [1.165, 1.54) is 11.8 Å². The molecule has 144 valence electrons. The van der Waals surface area contributed by atoms with Gasteiger partial charge in [-0.15, -0.1) is 0 Å². The fraction of sp³-hybridized carbons (Fsp3) is 0.579. The van der Waals surface area contributed by atoms with E-state index in [4.69, 9.17) is 28.3 Å². The number of hydrogen-bond donors (Lipinski definition) is 1.